The van der Waals surface area contributed by atoms with Crippen molar-refractivity contribution >= 4 is 0 Å². The number of aliphatic hydroxyl groups is 1. The van der Waals surface area contributed by atoms with Gasteiger partial charge in [0.1, 0.15) is 0 Å². The quantitative estimate of drug-likeness (QED) is 0.822. The summed E-state index contributed by atoms with van der Waals surface area (Å²) >= 11 is 0. The van der Waals surface area contributed by atoms with Gasteiger partial charge in [0, 0.05) is 31.0 Å². The number of rotatable bonds is 6. The third-order valence-electron chi connectivity index (χ3n) is 3.55. The van der Waals surface area contributed by atoms with E-state index in [1.54, 1.807) is 6.20 Å². The van der Waals surface area contributed by atoms with Gasteiger partial charge in [0.25, 0.3) is 0 Å². The van der Waals surface area contributed by atoms with Crippen molar-refractivity contribution in [3.63, 3.8) is 0 Å². The number of hydrogen-bond donors (Lipinski definition) is 2. The van der Waals surface area contributed by atoms with Crippen molar-refractivity contribution in [3.8, 4) is 5.75 Å². The Labute approximate surface area is 129 Å². The Morgan fingerprint density at radius 3 is 2.77 bits per heavy atom. The van der Waals surface area contributed by atoms with Gasteiger partial charge in [0.15, 0.2) is 5.75 Å². The van der Waals surface area contributed by atoms with Gasteiger partial charge in [-0.3, -0.25) is 14.7 Å². The van der Waals surface area contributed by atoms with E-state index in [1.165, 1.54) is 6.07 Å². The summed E-state index contributed by atoms with van der Waals surface area (Å²) in [5.41, 5.74) is 1.76. The van der Waals surface area contributed by atoms with Crippen molar-refractivity contribution in [1.29, 1.82) is 0 Å². The lowest BCUT2D eigenvalue weighted by Gasteiger charge is -2.22. The van der Waals surface area contributed by atoms with E-state index in [4.69, 9.17) is 5.11 Å². The smallest absolute Gasteiger partial charge is 0.223 e. The Hall–Kier alpha value is -2.18. The first-order chi connectivity index (χ1) is 10.5. The first kappa shape index (κ1) is 16.2. The standard InChI is InChI=1S/C16H21N3O3/c1-12-9-15(21)16(22)14(11-18(2)7-8-20)19(12)10-13-5-3-4-6-17-13/h3-6,9,20,22H,7-8,10-11H2,1-2H3. The van der Waals surface area contributed by atoms with Crippen molar-refractivity contribution < 1.29 is 10.2 Å². The van der Waals surface area contributed by atoms with Gasteiger partial charge in [-0.25, -0.2) is 0 Å². The Balaban J connectivity index is 2.42. The lowest BCUT2D eigenvalue weighted by molar-refractivity contribution is 0.212. The second-order valence-electron chi connectivity index (χ2n) is 5.31. The molecule has 0 saturated carbocycles. The van der Waals surface area contributed by atoms with Gasteiger partial charge < -0.3 is 14.8 Å². The Bertz CT molecular complexity index is 683. The molecule has 0 radical (unpaired) electrons. The molecule has 6 nitrogen and oxygen atoms in total. The van der Waals surface area contributed by atoms with Crippen LogP contribution in [0.25, 0.3) is 0 Å². The molecule has 2 aromatic heterocycles. The monoisotopic (exact) mass is 303 g/mol. The van der Waals surface area contributed by atoms with Crippen LogP contribution in [-0.2, 0) is 13.1 Å². The first-order valence-electron chi connectivity index (χ1n) is 7.14. The van der Waals surface area contributed by atoms with Crippen LogP contribution in [0.3, 0.4) is 0 Å². The molecule has 0 amide bonds. The van der Waals surface area contributed by atoms with Gasteiger partial charge in [0.05, 0.1) is 24.5 Å². The highest BCUT2D eigenvalue weighted by Gasteiger charge is 2.15. The molecule has 22 heavy (non-hydrogen) atoms. The van der Waals surface area contributed by atoms with Crippen LogP contribution in [0.1, 0.15) is 17.1 Å². The molecule has 2 N–H and O–H groups in total. The SMILES string of the molecule is Cc1cc(=O)c(O)c(CN(C)CCO)n1Cc1ccccn1. The molecule has 2 aromatic rings. The summed E-state index contributed by atoms with van der Waals surface area (Å²) in [6.07, 6.45) is 1.71. The second kappa shape index (κ2) is 7.20. The fourth-order valence-corrected chi connectivity index (χ4v) is 2.36. The van der Waals surface area contributed by atoms with E-state index in [1.807, 2.05) is 41.6 Å². The summed E-state index contributed by atoms with van der Waals surface area (Å²) in [5.74, 6) is -0.244. The van der Waals surface area contributed by atoms with Crippen LogP contribution >= 0.6 is 0 Å². The number of aliphatic hydroxyl groups excluding tert-OH is 1. The maximum absolute atomic E-state index is 11.9. The van der Waals surface area contributed by atoms with Crippen LogP contribution in [0, 0.1) is 6.92 Å². The fourth-order valence-electron chi connectivity index (χ4n) is 2.36. The minimum absolute atomic E-state index is 0.0214. The van der Waals surface area contributed by atoms with Crippen molar-refractivity contribution in [3.05, 3.63) is 57.8 Å². The number of hydrogen-bond acceptors (Lipinski definition) is 5. The van der Waals surface area contributed by atoms with Gasteiger partial charge >= 0.3 is 0 Å². The van der Waals surface area contributed by atoms with Gasteiger partial charge in [-0.1, -0.05) is 6.07 Å². The number of aromatic nitrogens is 2. The summed E-state index contributed by atoms with van der Waals surface area (Å²) in [7, 11) is 1.83. The molecular formula is C16H21N3O3. The number of nitrogens with zero attached hydrogens (tertiary/aromatic N) is 3. The number of pyridine rings is 2. The number of aromatic hydroxyl groups is 1. The molecular weight excluding hydrogens is 282 g/mol. The highest BCUT2D eigenvalue weighted by molar-refractivity contribution is 5.30. The van der Waals surface area contributed by atoms with Crippen LogP contribution < -0.4 is 5.43 Å². The Morgan fingerprint density at radius 2 is 2.14 bits per heavy atom. The predicted octanol–water partition coefficient (Wildman–Crippen LogP) is 0.730. The minimum atomic E-state index is -0.387. The Morgan fingerprint density at radius 1 is 1.36 bits per heavy atom. The lowest BCUT2D eigenvalue weighted by atomic mass is 10.2. The number of likely N-dealkylation sites (N-methyl/N-ethyl adjacent to an activating group) is 1. The van der Waals surface area contributed by atoms with E-state index in [9.17, 15) is 9.90 Å². The third-order valence-corrected chi connectivity index (χ3v) is 3.55. The molecule has 0 aromatic carbocycles. The molecule has 0 fully saturated rings. The van der Waals surface area contributed by atoms with Crippen LogP contribution in [0.4, 0.5) is 0 Å². The summed E-state index contributed by atoms with van der Waals surface area (Å²) < 4.78 is 1.88. The third kappa shape index (κ3) is 3.72. The van der Waals surface area contributed by atoms with Crippen molar-refractivity contribution in [2.45, 2.75) is 20.0 Å². The average Bonchev–Trinajstić information content (AvgIpc) is 2.50. The maximum atomic E-state index is 11.9. The normalized spacial score (nSPS) is 11.1. The molecule has 2 heterocycles. The fraction of sp³-hybridized carbons (Fsp3) is 0.375. The molecule has 0 bridgehead atoms. The van der Waals surface area contributed by atoms with E-state index in [2.05, 4.69) is 4.98 Å². The zero-order valence-corrected chi connectivity index (χ0v) is 12.9. The minimum Gasteiger partial charge on any atom is -0.503 e. The molecule has 0 aliphatic carbocycles. The van der Waals surface area contributed by atoms with Crippen LogP contribution in [0.15, 0.2) is 35.3 Å². The lowest BCUT2D eigenvalue weighted by Crippen LogP contribution is -2.26. The molecule has 0 aliphatic rings. The molecule has 0 saturated heterocycles. The Kier molecular flexibility index (Phi) is 5.30. The molecule has 118 valence electrons. The zero-order valence-electron chi connectivity index (χ0n) is 12.9. The van der Waals surface area contributed by atoms with Crippen LogP contribution in [0.5, 0.6) is 5.75 Å². The topological polar surface area (TPSA) is 78.6 Å². The molecule has 0 atom stereocenters. The zero-order chi connectivity index (χ0) is 16.1. The summed E-state index contributed by atoms with van der Waals surface area (Å²) in [5, 5.41) is 19.2. The highest BCUT2D eigenvalue weighted by Crippen LogP contribution is 2.17. The first-order valence-corrected chi connectivity index (χ1v) is 7.14. The van der Waals surface area contributed by atoms with Crippen molar-refractivity contribution in [2.24, 2.45) is 0 Å². The predicted molar refractivity (Wildman–Crippen MR) is 83.9 cm³/mol. The van der Waals surface area contributed by atoms with E-state index in [-0.39, 0.29) is 17.8 Å². The van der Waals surface area contributed by atoms with Crippen LogP contribution in [0.2, 0.25) is 0 Å². The van der Waals surface area contributed by atoms with E-state index >= 15 is 0 Å². The molecule has 6 heteroatoms. The second-order valence-corrected chi connectivity index (χ2v) is 5.31. The van der Waals surface area contributed by atoms with E-state index in [0.29, 0.717) is 25.3 Å². The largest absolute Gasteiger partial charge is 0.503 e. The molecule has 0 aliphatic heterocycles. The molecule has 0 unspecified atom stereocenters. The molecule has 2 rings (SSSR count). The number of aryl methyl sites for hydroxylation is 1. The van der Waals surface area contributed by atoms with E-state index in [0.717, 1.165) is 11.4 Å². The van der Waals surface area contributed by atoms with Gasteiger partial charge in [0.2, 0.25) is 5.43 Å². The van der Waals surface area contributed by atoms with Crippen molar-refractivity contribution in [1.82, 2.24) is 14.5 Å². The summed E-state index contributed by atoms with van der Waals surface area (Å²) in [6.45, 7) is 3.16. The van der Waals surface area contributed by atoms with Crippen molar-refractivity contribution in [2.75, 3.05) is 20.2 Å². The maximum Gasteiger partial charge on any atom is 0.223 e. The van der Waals surface area contributed by atoms with Gasteiger partial charge in [-0.05, 0) is 26.1 Å². The van der Waals surface area contributed by atoms with Crippen LogP contribution in [-0.4, -0.2) is 44.9 Å². The summed E-state index contributed by atoms with van der Waals surface area (Å²) in [6, 6.07) is 7.07. The van der Waals surface area contributed by atoms with Gasteiger partial charge in [-0.15, -0.1) is 0 Å². The molecule has 0 spiro atoms. The van der Waals surface area contributed by atoms with E-state index < -0.39 is 0 Å². The summed E-state index contributed by atoms with van der Waals surface area (Å²) in [4.78, 5) is 18.0. The van der Waals surface area contributed by atoms with Gasteiger partial charge in [-0.2, -0.15) is 0 Å². The highest BCUT2D eigenvalue weighted by atomic mass is 16.3. The average molecular weight is 303 g/mol.